The minimum atomic E-state index is -0.795. The lowest BCUT2D eigenvalue weighted by atomic mass is 10.1. The van der Waals surface area contributed by atoms with E-state index in [1.54, 1.807) is 31.4 Å². The summed E-state index contributed by atoms with van der Waals surface area (Å²) < 4.78 is 21.4. The summed E-state index contributed by atoms with van der Waals surface area (Å²) in [4.78, 5) is 49.4. The van der Waals surface area contributed by atoms with Gasteiger partial charge in [0.1, 0.15) is 29.8 Å². The van der Waals surface area contributed by atoms with Crippen LogP contribution in [-0.2, 0) is 18.9 Å². The number of ketones is 1. The van der Waals surface area contributed by atoms with Crippen molar-refractivity contribution in [1.29, 1.82) is 0 Å². The molecule has 0 heterocycles. The second-order valence-corrected chi connectivity index (χ2v) is 8.94. The first-order valence-electron chi connectivity index (χ1n) is 11.8. The van der Waals surface area contributed by atoms with E-state index in [4.69, 9.17) is 18.9 Å². The van der Waals surface area contributed by atoms with Crippen LogP contribution in [0.1, 0.15) is 61.2 Å². The van der Waals surface area contributed by atoms with Crippen molar-refractivity contribution in [1.82, 2.24) is 0 Å². The smallest absolute Gasteiger partial charge is 0.338 e. The van der Waals surface area contributed by atoms with Gasteiger partial charge in [-0.3, -0.25) is 4.79 Å². The molecule has 0 bridgehead atoms. The zero-order valence-electron chi connectivity index (χ0n) is 20.7. The molecule has 2 aliphatic rings. The number of phenols is 2. The molecule has 0 radical (unpaired) electrons. The summed E-state index contributed by atoms with van der Waals surface area (Å²) in [6.07, 6.45) is 5.13. The third-order valence-corrected chi connectivity index (χ3v) is 6.04. The van der Waals surface area contributed by atoms with Gasteiger partial charge in [0.2, 0.25) is 0 Å². The van der Waals surface area contributed by atoms with Crippen LogP contribution in [0.25, 0.3) is 0 Å². The molecular weight excluding hydrogens is 496 g/mol. The van der Waals surface area contributed by atoms with Gasteiger partial charge >= 0.3 is 17.9 Å². The van der Waals surface area contributed by atoms with Crippen LogP contribution in [0.15, 0.2) is 60.7 Å². The van der Waals surface area contributed by atoms with E-state index in [0.29, 0.717) is 6.42 Å². The van der Waals surface area contributed by atoms with Crippen molar-refractivity contribution in [3.05, 3.63) is 83.0 Å². The van der Waals surface area contributed by atoms with Crippen molar-refractivity contribution in [2.24, 2.45) is 0 Å². The Hall–Kier alpha value is -4.44. The van der Waals surface area contributed by atoms with Gasteiger partial charge in [0.15, 0.2) is 5.78 Å². The highest BCUT2D eigenvalue weighted by atomic mass is 16.6. The molecule has 0 saturated heterocycles. The molecule has 4 rings (SSSR count). The molecule has 4 unspecified atom stereocenters. The topological polar surface area (TPSA) is 146 Å². The number of esters is 3. The maximum Gasteiger partial charge on any atom is 0.338 e. The molecule has 38 heavy (non-hydrogen) atoms. The zero-order valence-corrected chi connectivity index (χ0v) is 20.7. The van der Waals surface area contributed by atoms with Crippen LogP contribution in [-0.4, -0.2) is 65.4 Å². The Balaban J connectivity index is 1.34. The van der Waals surface area contributed by atoms with E-state index in [-0.39, 0.29) is 52.1 Å². The Labute approximate surface area is 218 Å². The van der Waals surface area contributed by atoms with Gasteiger partial charge in [0, 0.05) is 25.5 Å². The van der Waals surface area contributed by atoms with Crippen molar-refractivity contribution in [3.63, 3.8) is 0 Å². The lowest BCUT2D eigenvalue weighted by Gasteiger charge is -2.15. The Morgan fingerprint density at radius 2 is 0.947 bits per heavy atom. The predicted molar refractivity (Wildman–Crippen MR) is 132 cm³/mol. The number of hydrogen-bond acceptors (Lipinski definition) is 10. The molecule has 2 aliphatic carbocycles. The van der Waals surface area contributed by atoms with Gasteiger partial charge < -0.3 is 29.2 Å². The first-order chi connectivity index (χ1) is 18.1. The Morgan fingerprint density at radius 3 is 1.32 bits per heavy atom. The number of hydrogen-bond donors (Lipinski definition) is 2. The van der Waals surface area contributed by atoms with Crippen molar-refractivity contribution in [2.45, 2.75) is 44.2 Å². The Kier molecular flexibility index (Phi) is 7.92. The molecule has 10 nitrogen and oxygen atoms in total. The van der Waals surface area contributed by atoms with Crippen LogP contribution >= 0.6 is 0 Å². The van der Waals surface area contributed by atoms with Gasteiger partial charge in [-0.05, 0) is 61.5 Å². The monoisotopic (exact) mass is 522 g/mol. The molecular formula is C28H26O10. The van der Waals surface area contributed by atoms with Gasteiger partial charge in [-0.1, -0.05) is 6.08 Å². The highest BCUT2D eigenvalue weighted by molar-refractivity contribution is 5.98. The van der Waals surface area contributed by atoms with Gasteiger partial charge in [0.05, 0.1) is 22.8 Å². The number of aromatic hydroxyl groups is 2. The highest BCUT2D eigenvalue weighted by Crippen LogP contribution is 2.25. The van der Waals surface area contributed by atoms with Crippen LogP contribution in [0.5, 0.6) is 11.5 Å². The molecule has 4 atom stereocenters. The second kappa shape index (κ2) is 11.3. The Morgan fingerprint density at radius 1 is 0.605 bits per heavy atom. The first-order valence-corrected chi connectivity index (χ1v) is 11.8. The summed E-state index contributed by atoms with van der Waals surface area (Å²) in [5.41, 5.74) is 0.100. The van der Waals surface area contributed by atoms with Crippen LogP contribution in [0, 0.1) is 0 Å². The number of phenolic OH excluding ortho intramolecular Hbond substituents is 2. The summed E-state index contributed by atoms with van der Waals surface area (Å²) in [6.45, 7) is 1.31. The average Bonchev–Trinajstić information content (AvgIpc) is 3.52. The fourth-order valence-corrected chi connectivity index (χ4v) is 4.10. The highest BCUT2D eigenvalue weighted by Gasteiger charge is 2.28. The van der Waals surface area contributed by atoms with Crippen molar-refractivity contribution in [3.8, 4) is 11.5 Å². The molecule has 2 N–H and O–H groups in total. The van der Waals surface area contributed by atoms with E-state index < -0.39 is 36.2 Å². The molecule has 0 saturated carbocycles. The molecule has 0 amide bonds. The lowest BCUT2D eigenvalue weighted by Crippen LogP contribution is -2.21. The second-order valence-electron chi connectivity index (χ2n) is 8.94. The molecule has 2 aromatic rings. The standard InChI is InChI=1S/C28H26O10/c1-15(29)16-7-17(10-20(30)9-16)26(32)37-24-5-6-25(14-24)38-28(34)19-8-18(11-21(31)12-19)27(33)36-23-4-3-22(13-23)35-2/h3-12,22-25,30-31H,13-14H2,1-2H3. The Bertz CT molecular complexity index is 1320. The van der Waals surface area contributed by atoms with Crippen molar-refractivity contribution >= 4 is 23.7 Å². The molecule has 10 heteroatoms. The molecule has 2 aromatic carbocycles. The third kappa shape index (κ3) is 6.46. The maximum absolute atomic E-state index is 12.7. The van der Waals surface area contributed by atoms with Crippen molar-refractivity contribution in [2.75, 3.05) is 7.11 Å². The third-order valence-electron chi connectivity index (χ3n) is 6.04. The molecule has 0 fully saturated rings. The van der Waals surface area contributed by atoms with Crippen LogP contribution < -0.4 is 0 Å². The molecule has 0 aliphatic heterocycles. The van der Waals surface area contributed by atoms with Crippen LogP contribution in [0.4, 0.5) is 0 Å². The fraction of sp³-hybridized carbons (Fsp3) is 0.286. The quantitative estimate of drug-likeness (QED) is 0.229. The summed E-state index contributed by atoms with van der Waals surface area (Å²) in [5, 5.41) is 19.8. The summed E-state index contributed by atoms with van der Waals surface area (Å²) in [6, 6.07) is 7.38. The van der Waals surface area contributed by atoms with E-state index in [0.717, 1.165) is 0 Å². The van der Waals surface area contributed by atoms with E-state index >= 15 is 0 Å². The van der Waals surface area contributed by atoms with E-state index in [1.165, 1.54) is 43.3 Å². The minimum Gasteiger partial charge on any atom is -0.508 e. The van der Waals surface area contributed by atoms with Gasteiger partial charge in [-0.25, -0.2) is 14.4 Å². The summed E-state index contributed by atoms with van der Waals surface area (Å²) in [5.74, 6) is -3.14. The van der Waals surface area contributed by atoms with Gasteiger partial charge in [-0.2, -0.15) is 0 Å². The molecule has 198 valence electrons. The van der Waals surface area contributed by atoms with Gasteiger partial charge in [0.25, 0.3) is 0 Å². The predicted octanol–water partition coefficient (Wildman–Crippen LogP) is 3.51. The number of carbonyl (C=O) groups is 4. The maximum atomic E-state index is 12.7. The summed E-state index contributed by atoms with van der Waals surface area (Å²) in [7, 11) is 1.55. The average molecular weight is 523 g/mol. The number of methoxy groups -OCH3 is 1. The number of carbonyl (C=O) groups excluding carboxylic acids is 4. The number of rotatable bonds is 8. The van der Waals surface area contributed by atoms with E-state index in [1.807, 2.05) is 0 Å². The number of benzene rings is 2. The first kappa shape index (κ1) is 26.6. The van der Waals surface area contributed by atoms with Crippen molar-refractivity contribution < 1.29 is 48.3 Å². The SMILES string of the molecule is COC1C=CC(OC(=O)c2cc(O)cc(C(=O)OC3C=CC(OC(=O)c4cc(O)cc(C(C)=O)c4)C3)c2)C1. The van der Waals surface area contributed by atoms with E-state index in [9.17, 15) is 29.4 Å². The molecule has 0 aromatic heterocycles. The number of Topliss-reactive ketones (excluding diaryl/α,β-unsaturated/α-hetero) is 1. The summed E-state index contributed by atoms with van der Waals surface area (Å²) >= 11 is 0. The van der Waals surface area contributed by atoms with E-state index in [2.05, 4.69) is 0 Å². The van der Waals surface area contributed by atoms with Crippen LogP contribution in [0.2, 0.25) is 0 Å². The number of ether oxygens (including phenoxy) is 4. The lowest BCUT2D eigenvalue weighted by molar-refractivity contribution is 0.0232. The largest absolute Gasteiger partial charge is 0.508 e. The minimum absolute atomic E-state index is 0.00839. The van der Waals surface area contributed by atoms with Crippen LogP contribution in [0.3, 0.4) is 0 Å². The molecule has 0 spiro atoms. The zero-order chi connectivity index (χ0) is 27.4. The van der Waals surface area contributed by atoms with Gasteiger partial charge in [-0.15, -0.1) is 0 Å². The fourth-order valence-electron chi connectivity index (χ4n) is 4.10. The normalized spacial score (nSPS) is 21.7.